The molecule has 5 nitrogen and oxygen atoms in total. The van der Waals surface area contributed by atoms with Crippen molar-refractivity contribution >= 4 is 11.9 Å². The van der Waals surface area contributed by atoms with Crippen molar-refractivity contribution in [3.8, 4) is 0 Å². The molecule has 0 spiro atoms. The van der Waals surface area contributed by atoms with E-state index in [2.05, 4.69) is 5.32 Å². The molecule has 4 N–H and O–H groups in total. The van der Waals surface area contributed by atoms with Gasteiger partial charge in [-0.1, -0.05) is 6.92 Å². The van der Waals surface area contributed by atoms with Crippen LogP contribution in [0.4, 0.5) is 0 Å². The normalized spacial score (nSPS) is 14.2. The molecule has 2 unspecified atom stereocenters. The van der Waals surface area contributed by atoms with E-state index in [4.69, 9.17) is 10.8 Å². The molecule has 5 heteroatoms. The summed E-state index contributed by atoms with van der Waals surface area (Å²) < 4.78 is 0. The molecule has 94 valence electrons. The Kier molecular flexibility index (Phi) is 7.54. The van der Waals surface area contributed by atoms with Gasteiger partial charge in [0.05, 0.1) is 0 Å². The number of aliphatic carboxylic acids is 1. The largest absolute Gasteiger partial charge is 0.481 e. The summed E-state index contributed by atoms with van der Waals surface area (Å²) in [5.74, 6) is -0.517. The predicted octanol–water partition coefficient (Wildman–Crippen LogP) is 0.731. The number of hydrogen-bond donors (Lipinski definition) is 3. The minimum Gasteiger partial charge on any atom is -0.481 e. The molecule has 16 heavy (non-hydrogen) atoms. The van der Waals surface area contributed by atoms with Crippen molar-refractivity contribution in [1.82, 2.24) is 5.32 Å². The topological polar surface area (TPSA) is 92.4 Å². The maximum absolute atomic E-state index is 11.4. The fourth-order valence-corrected chi connectivity index (χ4v) is 1.25. The van der Waals surface area contributed by atoms with Crippen LogP contribution in [0.25, 0.3) is 0 Å². The fraction of sp³-hybridized carbons (Fsp3) is 0.818. The van der Waals surface area contributed by atoms with Crippen molar-refractivity contribution in [2.45, 2.75) is 45.6 Å². The Morgan fingerprint density at radius 1 is 1.25 bits per heavy atom. The van der Waals surface area contributed by atoms with Crippen molar-refractivity contribution in [3.63, 3.8) is 0 Å². The number of carbonyl (C=O) groups excluding carboxylic acids is 1. The number of hydrogen-bond acceptors (Lipinski definition) is 3. The first-order valence-corrected chi connectivity index (χ1v) is 5.67. The Hall–Kier alpha value is -1.10. The van der Waals surface area contributed by atoms with Gasteiger partial charge in [-0.05, 0) is 32.2 Å². The van der Waals surface area contributed by atoms with Gasteiger partial charge in [0.1, 0.15) is 0 Å². The minimum atomic E-state index is -0.835. The van der Waals surface area contributed by atoms with Gasteiger partial charge in [0.2, 0.25) is 5.91 Å². The van der Waals surface area contributed by atoms with E-state index in [1.54, 1.807) is 0 Å². The van der Waals surface area contributed by atoms with Crippen LogP contribution < -0.4 is 11.1 Å². The molecule has 1 amide bonds. The van der Waals surface area contributed by atoms with E-state index < -0.39 is 5.97 Å². The average molecular weight is 230 g/mol. The fourth-order valence-electron chi connectivity index (χ4n) is 1.25. The highest BCUT2D eigenvalue weighted by Gasteiger charge is 2.10. The zero-order valence-corrected chi connectivity index (χ0v) is 10.0. The Labute approximate surface area is 96.4 Å². The predicted molar refractivity (Wildman–Crippen MR) is 61.9 cm³/mol. The monoisotopic (exact) mass is 230 g/mol. The molecule has 0 saturated carbocycles. The third-order valence-corrected chi connectivity index (χ3v) is 2.47. The highest BCUT2D eigenvalue weighted by Crippen LogP contribution is 2.04. The van der Waals surface area contributed by atoms with Crippen LogP contribution in [0.3, 0.4) is 0 Å². The van der Waals surface area contributed by atoms with Crippen LogP contribution in [0.2, 0.25) is 0 Å². The standard InChI is InChI=1S/C11H22N2O3/c1-8(7-12)3-5-10(14)13-9(2)4-6-11(15)16/h8-9H,3-7,12H2,1-2H3,(H,13,14)(H,15,16). The second-order valence-corrected chi connectivity index (χ2v) is 4.28. The summed E-state index contributed by atoms with van der Waals surface area (Å²) in [6.45, 7) is 4.40. The van der Waals surface area contributed by atoms with Crippen LogP contribution in [-0.2, 0) is 9.59 Å². The van der Waals surface area contributed by atoms with Gasteiger partial charge in [-0.2, -0.15) is 0 Å². The van der Waals surface area contributed by atoms with E-state index in [0.717, 1.165) is 6.42 Å². The van der Waals surface area contributed by atoms with Crippen LogP contribution in [0.1, 0.15) is 39.5 Å². The molecule has 0 aliphatic carbocycles. The number of amides is 1. The highest BCUT2D eigenvalue weighted by atomic mass is 16.4. The number of carbonyl (C=O) groups is 2. The second kappa shape index (κ2) is 8.10. The smallest absolute Gasteiger partial charge is 0.303 e. The third-order valence-electron chi connectivity index (χ3n) is 2.47. The van der Waals surface area contributed by atoms with Crippen molar-refractivity contribution < 1.29 is 14.7 Å². The Morgan fingerprint density at radius 3 is 2.38 bits per heavy atom. The molecule has 0 fully saturated rings. The van der Waals surface area contributed by atoms with Crippen molar-refractivity contribution in [1.29, 1.82) is 0 Å². The van der Waals surface area contributed by atoms with Crippen LogP contribution in [0.5, 0.6) is 0 Å². The van der Waals surface area contributed by atoms with Crippen molar-refractivity contribution in [2.24, 2.45) is 11.7 Å². The molecular formula is C11H22N2O3. The van der Waals surface area contributed by atoms with Crippen molar-refractivity contribution in [2.75, 3.05) is 6.54 Å². The van der Waals surface area contributed by atoms with Gasteiger partial charge >= 0.3 is 5.97 Å². The van der Waals surface area contributed by atoms with Gasteiger partial charge in [-0.3, -0.25) is 9.59 Å². The molecule has 0 heterocycles. The SMILES string of the molecule is CC(CN)CCC(=O)NC(C)CCC(=O)O. The lowest BCUT2D eigenvalue weighted by Gasteiger charge is -2.13. The van der Waals surface area contributed by atoms with Crippen molar-refractivity contribution in [3.05, 3.63) is 0 Å². The van der Waals surface area contributed by atoms with E-state index in [1.165, 1.54) is 0 Å². The lowest BCUT2D eigenvalue weighted by atomic mass is 10.1. The maximum Gasteiger partial charge on any atom is 0.303 e. The molecule has 0 saturated heterocycles. The molecule has 0 aromatic rings. The molecule has 0 rings (SSSR count). The first-order valence-electron chi connectivity index (χ1n) is 5.67. The quantitative estimate of drug-likeness (QED) is 0.573. The van der Waals surface area contributed by atoms with E-state index in [-0.39, 0.29) is 18.4 Å². The molecule has 0 aliphatic rings. The summed E-state index contributed by atoms with van der Waals surface area (Å²) in [5, 5.41) is 11.2. The van der Waals surface area contributed by atoms with E-state index in [0.29, 0.717) is 25.3 Å². The molecular weight excluding hydrogens is 208 g/mol. The molecule has 0 aromatic carbocycles. The number of nitrogens with two attached hydrogens (primary N) is 1. The summed E-state index contributed by atoms with van der Waals surface area (Å²) in [4.78, 5) is 21.7. The van der Waals surface area contributed by atoms with Crippen LogP contribution in [0, 0.1) is 5.92 Å². The minimum absolute atomic E-state index is 0.0295. The first-order chi connectivity index (χ1) is 7.45. The van der Waals surface area contributed by atoms with E-state index in [1.807, 2.05) is 13.8 Å². The number of rotatable bonds is 8. The zero-order valence-electron chi connectivity index (χ0n) is 10.0. The Bertz CT molecular complexity index is 231. The summed E-state index contributed by atoms with van der Waals surface area (Å²) in [5.41, 5.74) is 5.44. The summed E-state index contributed by atoms with van der Waals surface area (Å²) >= 11 is 0. The summed E-state index contributed by atoms with van der Waals surface area (Å²) in [6, 6.07) is -0.0863. The van der Waals surface area contributed by atoms with Gasteiger partial charge in [-0.25, -0.2) is 0 Å². The lowest BCUT2D eigenvalue weighted by molar-refractivity contribution is -0.137. The molecule has 2 atom stereocenters. The average Bonchev–Trinajstić information content (AvgIpc) is 2.23. The van der Waals surface area contributed by atoms with Gasteiger partial charge in [0.15, 0.2) is 0 Å². The first kappa shape index (κ1) is 14.9. The maximum atomic E-state index is 11.4. The number of carboxylic acids is 1. The summed E-state index contributed by atoms with van der Waals surface area (Å²) in [6.07, 6.45) is 1.78. The van der Waals surface area contributed by atoms with E-state index in [9.17, 15) is 9.59 Å². The number of carboxylic acid groups (broad SMARTS) is 1. The van der Waals surface area contributed by atoms with Crippen LogP contribution >= 0.6 is 0 Å². The summed E-state index contributed by atoms with van der Waals surface area (Å²) in [7, 11) is 0. The Balaban J connectivity index is 3.65. The third kappa shape index (κ3) is 8.23. The Morgan fingerprint density at radius 2 is 1.88 bits per heavy atom. The van der Waals surface area contributed by atoms with E-state index >= 15 is 0 Å². The van der Waals surface area contributed by atoms with Gasteiger partial charge in [0.25, 0.3) is 0 Å². The van der Waals surface area contributed by atoms with Crippen LogP contribution in [0.15, 0.2) is 0 Å². The van der Waals surface area contributed by atoms with Gasteiger partial charge in [-0.15, -0.1) is 0 Å². The molecule has 0 radical (unpaired) electrons. The van der Waals surface area contributed by atoms with Gasteiger partial charge < -0.3 is 16.2 Å². The molecule has 0 bridgehead atoms. The number of nitrogens with one attached hydrogen (secondary N) is 1. The molecule has 0 aliphatic heterocycles. The van der Waals surface area contributed by atoms with Gasteiger partial charge in [0, 0.05) is 18.9 Å². The highest BCUT2D eigenvalue weighted by molar-refractivity contribution is 5.76. The second-order valence-electron chi connectivity index (χ2n) is 4.28. The lowest BCUT2D eigenvalue weighted by Crippen LogP contribution is -2.33. The zero-order chi connectivity index (χ0) is 12.6. The van der Waals surface area contributed by atoms with Crippen LogP contribution in [-0.4, -0.2) is 29.6 Å². The molecule has 0 aromatic heterocycles.